The molecule has 0 aliphatic heterocycles. The van der Waals surface area contributed by atoms with E-state index in [1.165, 1.54) is 0 Å². The Morgan fingerprint density at radius 1 is 1.43 bits per heavy atom. The lowest BCUT2D eigenvalue weighted by Gasteiger charge is -2.12. The van der Waals surface area contributed by atoms with Crippen molar-refractivity contribution >= 4 is 23.2 Å². The molecule has 1 aromatic rings. The Balaban J connectivity index is 2.82. The van der Waals surface area contributed by atoms with Gasteiger partial charge in [-0.3, -0.25) is 0 Å². The van der Waals surface area contributed by atoms with Gasteiger partial charge in [0.2, 0.25) is 0 Å². The van der Waals surface area contributed by atoms with Gasteiger partial charge in [0.05, 0.1) is 0 Å². The van der Waals surface area contributed by atoms with Crippen molar-refractivity contribution in [2.75, 3.05) is 0 Å². The van der Waals surface area contributed by atoms with E-state index < -0.39 is 0 Å². The highest BCUT2D eigenvalue weighted by Gasteiger charge is 2.09. The van der Waals surface area contributed by atoms with Crippen LogP contribution in [0.4, 0.5) is 0 Å². The highest BCUT2D eigenvalue weighted by Crippen LogP contribution is 2.27. The molecule has 0 saturated carbocycles. The van der Waals surface area contributed by atoms with Crippen LogP contribution in [0.3, 0.4) is 0 Å². The Morgan fingerprint density at radius 3 is 2.79 bits per heavy atom. The summed E-state index contributed by atoms with van der Waals surface area (Å²) in [6, 6.07) is 5.28. The van der Waals surface area contributed by atoms with Gasteiger partial charge in [-0.15, -0.1) is 6.58 Å². The second-order valence-corrected chi connectivity index (χ2v) is 3.98. The summed E-state index contributed by atoms with van der Waals surface area (Å²) in [7, 11) is 0. The molecule has 0 aliphatic rings. The molecule has 0 amide bonds. The van der Waals surface area contributed by atoms with Crippen LogP contribution < -0.4 is 5.73 Å². The number of halogens is 2. The van der Waals surface area contributed by atoms with Crippen molar-refractivity contribution in [1.29, 1.82) is 0 Å². The minimum absolute atomic E-state index is 0.0702. The molecule has 1 rings (SSSR count). The molecule has 14 heavy (non-hydrogen) atoms. The molecule has 0 aromatic heterocycles. The van der Waals surface area contributed by atoms with E-state index in [1.807, 2.05) is 12.1 Å². The lowest BCUT2D eigenvalue weighted by atomic mass is 10.0. The second kappa shape index (κ2) is 5.40. The summed E-state index contributed by atoms with van der Waals surface area (Å²) in [5.74, 6) is 0. The van der Waals surface area contributed by atoms with Crippen molar-refractivity contribution in [3.8, 4) is 0 Å². The largest absolute Gasteiger partial charge is 0.324 e. The fraction of sp³-hybridized carbons (Fsp3) is 0.273. The third kappa shape index (κ3) is 3.02. The van der Waals surface area contributed by atoms with E-state index in [-0.39, 0.29) is 6.04 Å². The minimum atomic E-state index is -0.0702. The first-order valence-corrected chi connectivity index (χ1v) is 5.22. The van der Waals surface area contributed by atoms with Crippen LogP contribution in [0.2, 0.25) is 10.0 Å². The van der Waals surface area contributed by atoms with Gasteiger partial charge in [-0.2, -0.15) is 0 Å². The zero-order valence-corrected chi connectivity index (χ0v) is 9.35. The summed E-state index contributed by atoms with van der Waals surface area (Å²) in [5.41, 5.74) is 6.86. The molecule has 1 unspecified atom stereocenters. The molecule has 0 spiro atoms. The maximum atomic E-state index is 6.01. The molecule has 2 N–H and O–H groups in total. The molecule has 0 radical (unpaired) electrons. The number of hydrogen-bond donors (Lipinski definition) is 1. The Kier molecular flexibility index (Phi) is 4.46. The molecule has 0 aliphatic carbocycles. The van der Waals surface area contributed by atoms with Crippen molar-refractivity contribution in [3.05, 3.63) is 46.5 Å². The third-order valence-electron chi connectivity index (χ3n) is 2.04. The van der Waals surface area contributed by atoms with E-state index in [0.717, 1.165) is 18.4 Å². The fourth-order valence-electron chi connectivity index (χ4n) is 1.25. The zero-order valence-electron chi connectivity index (χ0n) is 7.84. The lowest BCUT2D eigenvalue weighted by Crippen LogP contribution is -2.10. The van der Waals surface area contributed by atoms with E-state index in [2.05, 4.69) is 6.58 Å². The summed E-state index contributed by atoms with van der Waals surface area (Å²) >= 11 is 11.9. The van der Waals surface area contributed by atoms with Gasteiger partial charge in [0, 0.05) is 16.1 Å². The molecule has 1 aromatic carbocycles. The van der Waals surface area contributed by atoms with Crippen LogP contribution in [-0.2, 0) is 0 Å². The molecular weight excluding hydrogens is 217 g/mol. The fourth-order valence-corrected chi connectivity index (χ4v) is 1.69. The van der Waals surface area contributed by atoms with Gasteiger partial charge in [0.1, 0.15) is 0 Å². The number of benzene rings is 1. The number of nitrogens with two attached hydrogens (primary N) is 1. The Morgan fingerprint density at radius 2 is 2.14 bits per heavy atom. The van der Waals surface area contributed by atoms with Crippen LogP contribution in [-0.4, -0.2) is 0 Å². The summed E-state index contributed by atoms with van der Waals surface area (Å²) in [5, 5.41) is 1.34. The van der Waals surface area contributed by atoms with Crippen molar-refractivity contribution in [3.63, 3.8) is 0 Å². The van der Waals surface area contributed by atoms with E-state index in [0.29, 0.717) is 10.0 Å². The van der Waals surface area contributed by atoms with E-state index in [1.54, 1.807) is 12.1 Å². The van der Waals surface area contributed by atoms with Gasteiger partial charge in [0.25, 0.3) is 0 Å². The SMILES string of the molecule is C=CCCC(N)c1cc(Cl)ccc1Cl. The van der Waals surface area contributed by atoms with Crippen LogP contribution in [0.1, 0.15) is 24.4 Å². The first kappa shape index (κ1) is 11.6. The summed E-state index contributed by atoms with van der Waals surface area (Å²) in [4.78, 5) is 0. The minimum Gasteiger partial charge on any atom is -0.324 e. The maximum absolute atomic E-state index is 6.01. The van der Waals surface area contributed by atoms with Gasteiger partial charge >= 0.3 is 0 Å². The third-order valence-corrected chi connectivity index (χ3v) is 2.62. The molecule has 3 heteroatoms. The molecular formula is C11H13Cl2N. The average molecular weight is 230 g/mol. The van der Waals surface area contributed by atoms with Crippen molar-refractivity contribution in [2.24, 2.45) is 5.73 Å². The lowest BCUT2D eigenvalue weighted by molar-refractivity contribution is 0.662. The first-order chi connectivity index (χ1) is 6.65. The number of allylic oxidation sites excluding steroid dienone is 1. The second-order valence-electron chi connectivity index (χ2n) is 3.14. The summed E-state index contributed by atoms with van der Waals surface area (Å²) in [6.07, 6.45) is 3.56. The molecule has 0 heterocycles. The van der Waals surface area contributed by atoms with E-state index in [9.17, 15) is 0 Å². The number of rotatable bonds is 4. The summed E-state index contributed by atoms with van der Waals surface area (Å²) < 4.78 is 0. The molecule has 1 nitrogen and oxygen atoms in total. The van der Waals surface area contributed by atoms with Crippen molar-refractivity contribution < 1.29 is 0 Å². The average Bonchev–Trinajstić information content (AvgIpc) is 2.18. The predicted molar refractivity (Wildman–Crippen MR) is 62.8 cm³/mol. The number of hydrogen-bond acceptors (Lipinski definition) is 1. The predicted octanol–water partition coefficient (Wildman–Crippen LogP) is 3.96. The topological polar surface area (TPSA) is 26.0 Å². The molecule has 76 valence electrons. The van der Waals surface area contributed by atoms with Crippen molar-refractivity contribution in [1.82, 2.24) is 0 Å². The monoisotopic (exact) mass is 229 g/mol. The van der Waals surface area contributed by atoms with Crippen LogP contribution in [0.15, 0.2) is 30.9 Å². The molecule has 0 bridgehead atoms. The molecule has 1 atom stereocenters. The Bertz CT molecular complexity index is 323. The smallest absolute Gasteiger partial charge is 0.0454 e. The summed E-state index contributed by atoms with van der Waals surface area (Å²) in [6.45, 7) is 3.65. The highest BCUT2D eigenvalue weighted by molar-refractivity contribution is 6.33. The molecule has 0 fully saturated rings. The molecule has 0 saturated heterocycles. The Hall–Kier alpha value is -0.500. The van der Waals surface area contributed by atoms with E-state index in [4.69, 9.17) is 28.9 Å². The van der Waals surface area contributed by atoms with E-state index >= 15 is 0 Å². The maximum Gasteiger partial charge on any atom is 0.0454 e. The van der Waals surface area contributed by atoms with Crippen LogP contribution in [0.25, 0.3) is 0 Å². The van der Waals surface area contributed by atoms with Gasteiger partial charge in [-0.1, -0.05) is 29.3 Å². The van der Waals surface area contributed by atoms with Crippen molar-refractivity contribution in [2.45, 2.75) is 18.9 Å². The zero-order chi connectivity index (χ0) is 10.6. The van der Waals surface area contributed by atoms with Crippen LogP contribution >= 0.6 is 23.2 Å². The Labute approximate surface area is 94.5 Å². The quantitative estimate of drug-likeness (QED) is 0.778. The first-order valence-electron chi connectivity index (χ1n) is 4.46. The van der Waals surface area contributed by atoms with Crippen LogP contribution in [0.5, 0.6) is 0 Å². The highest BCUT2D eigenvalue weighted by atomic mass is 35.5. The van der Waals surface area contributed by atoms with Gasteiger partial charge in [0.15, 0.2) is 0 Å². The van der Waals surface area contributed by atoms with Gasteiger partial charge < -0.3 is 5.73 Å². The normalized spacial score (nSPS) is 12.5. The van der Waals surface area contributed by atoms with Crippen LogP contribution in [0, 0.1) is 0 Å². The van der Waals surface area contributed by atoms with Gasteiger partial charge in [-0.25, -0.2) is 0 Å². The standard InChI is InChI=1S/C11H13Cl2N/c1-2-3-4-11(14)9-7-8(12)5-6-10(9)13/h2,5-7,11H,1,3-4,14H2. The van der Waals surface area contributed by atoms with Gasteiger partial charge in [-0.05, 0) is 36.6 Å².